The fourth-order valence-corrected chi connectivity index (χ4v) is 2.99. The standard InChI is InChI=1S/C17H30/c1-8-15-16(12(4)5)9-14(11(2)3)10-17(15)13(6)7/h9,11-13,17H,8,10H2,1-7H3. The molecule has 0 amide bonds. The third-order valence-electron chi connectivity index (χ3n) is 4.16. The lowest BCUT2D eigenvalue weighted by Crippen LogP contribution is -2.20. The lowest BCUT2D eigenvalue weighted by Gasteiger charge is -2.33. The first kappa shape index (κ1) is 14.5. The van der Waals surface area contributed by atoms with Gasteiger partial charge in [0, 0.05) is 0 Å². The Morgan fingerprint density at radius 2 is 1.65 bits per heavy atom. The molecule has 0 heterocycles. The molecule has 0 aromatic carbocycles. The minimum Gasteiger partial charge on any atom is -0.0668 e. The molecule has 0 bridgehead atoms. The molecule has 0 saturated heterocycles. The maximum absolute atomic E-state index is 2.51. The van der Waals surface area contributed by atoms with Crippen LogP contribution in [0.3, 0.4) is 0 Å². The van der Waals surface area contributed by atoms with Crippen LogP contribution < -0.4 is 0 Å². The van der Waals surface area contributed by atoms with Gasteiger partial charge < -0.3 is 0 Å². The lowest BCUT2D eigenvalue weighted by atomic mass is 9.72. The van der Waals surface area contributed by atoms with E-state index in [2.05, 4.69) is 54.5 Å². The van der Waals surface area contributed by atoms with E-state index in [1.807, 2.05) is 0 Å². The van der Waals surface area contributed by atoms with E-state index in [1.165, 1.54) is 12.8 Å². The van der Waals surface area contributed by atoms with Gasteiger partial charge in [0.05, 0.1) is 0 Å². The Balaban J connectivity index is 3.20. The molecule has 0 fully saturated rings. The summed E-state index contributed by atoms with van der Waals surface area (Å²) in [6, 6.07) is 0. The van der Waals surface area contributed by atoms with E-state index in [0.717, 1.165) is 11.8 Å². The molecule has 1 rings (SSSR count). The summed E-state index contributed by atoms with van der Waals surface area (Å²) >= 11 is 0. The highest BCUT2D eigenvalue weighted by atomic mass is 14.3. The minimum absolute atomic E-state index is 0.667. The van der Waals surface area contributed by atoms with E-state index in [9.17, 15) is 0 Å². The molecule has 1 aliphatic carbocycles. The van der Waals surface area contributed by atoms with Crippen LogP contribution in [0.2, 0.25) is 0 Å². The zero-order valence-electron chi connectivity index (χ0n) is 12.8. The van der Waals surface area contributed by atoms with E-state index in [1.54, 1.807) is 16.7 Å². The van der Waals surface area contributed by atoms with E-state index < -0.39 is 0 Å². The number of hydrogen-bond donors (Lipinski definition) is 0. The largest absolute Gasteiger partial charge is 0.0668 e. The molecule has 0 aliphatic heterocycles. The highest BCUT2D eigenvalue weighted by molar-refractivity contribution is 5.37. The Hall–Kier alpha value is -0.520. The molecule has 98 valence electrons. The second-order valence-electron chi connectivity index (χ2n) is 6.42. The van der Waals surface area contributed by atoms with E-state index in [-0.39, 0.29) is 0 Å². The molecule has 1 unspecified atom stereocenters. The normalized spacial score (nSPS) is 21.8. The highest BCUT2D eigenvalue weighted by Crippen LogP contribution is 2.40. The fourth-order valence-electron chi connectivity index (χ4n) is 2.99. The summed E-state index contributed by atoms with van der Waals surface area (Å²) in [5, 5.41) is 0. The van der Waals surface area contributed by atoms with Gasteiger partial charge in [0.25, 0.3) is 0 Å². The summed E-state index contributed by atoms with van der Waals surface area (Å²) in [4.78, 5) is 0. The molecule has 1 aliphatic rings. The van der Waals surface area contributed by atoms with Crippen molar-refractivity contribution in [2.24, 2.45) is 23.7 Å². The average Bonchev–Trinajstić information content (AvgIpc) is 2.26. The predicted octanol–water partition coefficient (Wildman–Crippen LogP) is 5.61. The van der Waals surface area contributed by atoms with Gasteiger partial charge in [-0.3, -0.25) is 0 Å². The Bertz CT molecular complexity index is 313. The van der Waals surface area contributed by atoms with Crippen molar-refractivity contribution in [1.82, 2.24) is 0 Å². The van der Waals surface area contributed by atoms with Gasteiger partial charge in [-0.15, -0.1) is 0 Å². The number of allylic oxidation sites excluding steroid dienone is 4. The lowest BCUT2D eigenvalue weighted by molar-refractivity contribution is 0.405. The van der Waals surface area contributed by atoms with Gasteiger partial charge in [-0.05, 0) is 42.1 Å². The van der Waals surface area contributed by atoms with Crippen molar-refractivity contribution in [3.63, 3.8) is 0 Å². The van der Waals surface area contributed by atoms with Gasteiger partial charge in [-0.25, -0.2) is 0 Å². The summed E-state index contributed by atoms with van der Waals surface area (Å²) in [6.07, 6.45) is 5.01. The highest BCUT2D eigenvalue weighted by Gasteiger charge is 2.26. The van der Waals surface area contributed by atoms with Crippen LogP contribution >= 0.6 is 0 Å². The molecule has 0 N–H and O–H groups in total. The van der Waals surface area contributed by atoms with Crippen molar-refractivity contribution >= 4 is 0 Å². The molecule has 0 radical (unpaired) electrons. The summed E-state index contributed by atoms with van der Waals surface area (Å²) in [5.41, 5.74) is 5.00. The predicted molar refractivity (Wildman–Crippen MR) is 78.0 cm³/mol. The Labute approximate surface area is 108 Å². The van der Waals surface area contributed by atoms with Crippen LogP contribution in [0.15, 0.2) is 22.8 Å². The first-order valence-corrected chi connectivity index (χ1v) is 7.31. The maximum Gasteiger partial charge on any atom is -0.0137 e. The molecule has 1 atom stereocenters. The average molecular weight is 234 g/mol. The number of hydrogen-bond acceptors (Lipinski definition) is 0. The van der Waals surface area contributed by atoms with Crippen LogP contribution in [0.1, 0.15) is 61.3 Å². The molecule has 0 spiro atoms. The maximum atomic E-state index is 2.51. The SMILES string of the molecule is CCC1=C(C(C)C)C=C(C(C)C)CC1C(C)C. The quantitative estimate of drug-likeness (QED) is 0.593. The second kappa shape index (κ2) is 5.89. The molecule has 0 saturated carbocycles. The van der Waals surface area contributed by atoms with Gasteiger partial charge >= 0.3 is 0 Å². The molecule has 0 aromatic heterocycles. The van der Waals surface area contributed by atoms with E-state index in [4.69, 9.17) is 0 Å². The summed E-state index contributed by atoms with van der Waals surface area (Å²) < 4.78 is 0. The molecule has 17 heavy (non-hydrogen) atoms. The monoisotopic (exact) mass is 234 g/mol. The van der Waals surface area contributed by atoms with Crippen LogP contribution in [0.25, 0.3) is 0 Å². The molecular weight excluding hydrogens is 204 g/mol. The van der Waals surface area contributed by atoms with Gasteiger partial charge in [0.15, 0.2) is 0 Å². The van der Waals surface area contributed by atoms with Gasteiger partial charge in [-0.1, -0.05) is 65.7 Å². The van der Waals surface area contributed by atoms with Crippen molar-refractivity contribution in [2.45, 2.75) is 61.3 Å². The van der Waals surface area contributed by atoms with Crippen LogP contribution in [0.5, 0.6) is 0 Å². The first-order chi connectivity index (χ1) is 7.88. The molecular formula is C17H30. The van der Waals surface area contributed by atoms with Crippen LogP contribution in [0.4, 0.5) is 0 Å². The topological polar surface area (TPSA) is 0 Å². The van der Waals surface area contributed by atoms with Gasteiger partial charge in [0.1, 0.15) is 0 Å². The van der Waals surface area contributed by atoms with Crippen molar-refractivity contribution in [3.05, 3.63) is 22.8 Å². The van der Waals surface area contributed by atoms with E-state index in [0.29, 0.717) is 11.8 Å². The summed E-state index contributed by atoms with van der Waals surface area (Å²) in [5.74, 6) is 2.91. The third kappa shape index (κ3) is 3.24. The van der Waals surface area contributed by atoms with Crippen LogP contribution in [-0.4, -0.2) is 0 Å². The van der Waals surface area contributed by atoms with E-state index >= 15 is 0 Å². The van der Waals surface area contributed by atoms with Crippen LogP contribution in [-0.2, 0) is 0 Å². The van der Waals surface area contributed by atoms with Gasteiger partial charge in [-0.2, -0.15) is 0 Å². The Morgan fingerprint density at radius 3 is 2.00 bits per heavy atom. The zero-order valence-corrected chi connectivity index (χ0v) is 12.8. The summed E-state index contributed by atoms with van der Waals surface area (Å²) in [7, 11) is 0. The number of rotatable bonds is 4. The smallest absolute Gasteiger partial charge is 0.0137 e. The molecule has 0 heteroatoms. The van der Waals surface area contributed by atoms with Crippen molar-refractivity contribution in [1.29, 1.82) is 0 Å². The second-order valence-corrected chi connectivity index (χ2v) is 6.42. The zero-order chi connectivity index (χ0) is 13.2. The molecule has 0 nitrogen and oxygen atoms in total. The summed E-state index contributed by atoms with van der Waals surface area (Å²) in [6.45, 7) is 16.4. The Kier molecular flexibility index (Phi) is 5.04. The van der Waals surface area contributed by atoms with Gasteiger partial charge in [0.2, 0.25) is 0 Å². The first-order valence-electron chi connectivity index (χ1n) is 7.31. The minimum atomic E-state index is 0.667. The Morgan fingerprint density at radius 1 is 1.06 bits per heavy atom. The van der Waals surface area contributed by atoms with Crippen molar-refractivity contribution in [3.8, 4) is 0 Å². The third-order valence-corrected chi connectivity index (χ3v) is 4.16. The van der Waals surface area contributed by atoms with Crippen LogP contribution in [0, 0.1) is 23.7 Å². The fraction of sp³-hybridized carbons (Fsp3) is 0.765. The molecule has 0 aromatic rings. The van der Waals surface area contributed by atoms with Crippen molar-refractivity contribution in [2.75, 3.05) is 0 Å². The van der Waals surface area contributed by atoms with Crippen molar-refractivity contribution < 1.29 is 0 Å².